The number of alkyl halides is 3. The fourth-order valence-corrected chi connectivity index (χ4v) is 4.18. The van der Waals surface area contributed by atoms with Gasteiger partial charge in [-0.2, -0.15) is 13.2 Å². The quantitative estimate of drug-likeness (QED) is 0.143. The lowest BCUT2D eigenvalue weighted by Crippen LogP contribution is -2.40. The van der Waals surface area contributed by atoms with Gasteiger partial charge >= 0.3 is 6.18 Å². The zero-order valence-corrected chi connectivity index (χ0v) is 19.9. The third kappa shape index (κ3) is 7.83. The van der Waals surface area contributed by atoms with Crippen LogP contribution < -0.4 is 27.1 Å². The van der Waals surface area contributed by atoms with E-state index in [2.05, 4.69) is 10.3 Å². The van der Waals surface area contributed by atoms with Gasteiger partial charge in [-0.05, 0) is 50.1 Å². The number of rotatable bonds is 11. The molecular formula is C21H25F3N6O5S. The minimum absolute atomic E-state index is 0.111. The van der Waals surface area contributed by atoms with Gasteiger partial charge in [-0.1, -0.05) is 6.07 Å². The highest BCUT2D eigenvalue weighted by molar-refractivity contribution is 7.92. The summed E-state index contributed by atoms with van der Waals surface area (Å²) in [6.45, 7) is 1.20. The van der Waals surface area contributed by atoms with Crippen LogP contribution >= 0.6 is 0 Å². The molecule has 196 valence electrons. The molecule has 1 aromatic carbocycles. The molecule has 1 amide bonds. The Kier molecular flexibility index (Phi) is 9.22. The maximum absolute atomic E-state index is 13.0. The summed E-state index contributed by atoms with van der Waals surface area (Å²) in [4.78, 5) is 39.6. The smallest absolute Gasteiger partial charge is 0.370 e. The number of benzene rings is 1. The highest BCUT2D eigenvalue weighted by Crippen LogP contribution is 2.30. The van der Waals surface area contributed by atoms with Crippen molar-refractivity contribution in [1.82, 2.24) is 9.88 Å². The minimum atomic E-state index is -4.76. The Morgan fingerprint density at radius 3 is 2.53 bits per heavy atom. The second-order valence-corrected chi connectivity index (χ2v) is 9.35. The lowest BCUT2D eigenvalue weighted by Gasteiger charge is -2.16. The molecule has 0 saturated carbocycles. The highest BCUT2D eigenvalue weighted by Gasteiger charge is 2.32. The topological polar surface area (TPSA) is 179 Å². The Hall–Kier alpha value is -3.88. The number of anilines is 1. The molecule has 2 rings (SSSR count). The molecule has 6 N–H and O–H groups in total. The Balaban J connectivity index is 2.19. The first-order chi connectivity index (χ1) is 16.7. The Labute approximate surface area is 204 Å². The van der Waals surface area contributed by atoms with Crippen molar-refractivity contribution in [2.75, 3.05) is 11.3 Å². The summed E-state index contributed by atoms with van der Waals surface area (Å²) in [5.41, 5.74) is 8.17. The summed E-state index contributed by atoms with van der Waals surface area (Å²) in [7, 11) is -4.56. The van der Waals surface area contributed by atoms with Crippen LogP contribution in [0.15, 0.2) is 51.1 Å². The largest absolute Gasteiger partial charge is 0.416 e. The first-order valence-corrected chi connectivity index (χ1v) is 11.9. The maximum atomic E-state index is 13.0. The highest BCUT2D eigenvalue weighted by atomic mass is 32.2. The predicted octanol–water partition coefficient (Wildman–Crippen LogP) is 0.714. The van der Waals surface area contributed by atoms with Crippen molar-refractivity contribution in [3.8, 4) is 0 Å². The number of sulfonamides is 1. The minimum Gasteiger partial charge on any atom is -0.370 e. The third-order valence-corrected chi connectivity index (χ3v) is 6.25. The van der Waals surface area contributed by atoms with Gasteiger partial charge in [0.05, 0.1) is 16.5 Å². The Morgan fingerprint density at radius 1 is 1.22 bits per heavy atom. The number of pyridine rings is 1. The van der Waals surface area contributed by atoms with E-state index in [-0.39, 0.29) is 18.9 Å². The van der Waals surface area contributed by atoms with Gasteiger partial charge in [0.25, 0.3) is 15.6 Å². The van der Waals surface area contributed by atoms with E-state index in [1.54, 1.807) is 0 Å². The zero-order valence-electron chi connectivity index (χ0n) is 19.1. The van der Waals surface area contributed by atoms with E-state index in [1.165, 1.54) is 13.0 Å². The Bertz CT molecular complexity index is 1300. The van der Waals surface area contributed by atoms with E-state index in [9.17, 15) is 36.0 Å². The fraction of sp³-hybridized carbons (Fsp3) is 0.333. The van der Waals surface area contributed by atoms with Crippen molar-refractivity contribution in [2.24, 2.45) is 16.5 Å². The molecule has 0 aliphatic carbocycles. The number of guanidine groups is 1. The van der Waals surface area contributed by atoms with Gasteiger partial charge < -0.3 is 26.1 Å². The number of nitrogens with zero attached hydrogens (tertiary/aromatic N) is 2. The van der Waals surface area contributed by atoms with Crippen LogP contribution in [0.25, 0.3) is 0 Å². The summed E-state index contributed by atoms with van der Waals surface area (Å²) in [6.07, 6.45) is -3.62. The first-order valence-electron chi connectivity index (χ1n) is 10.4. The van der Waals surface area contributed by atoms with Gasteiger partial charge in [-0.3, -0.25) is 19.3 Å². The van der Waals surface area contributed by atoms with Crippen LogP contribution in [-0.4, -0.2) is 43.7 Å². The average Bonchev–Trinajstić information content (AvgIpc) is 2.80. The van der Waals surface area contributed by atoms with E-state index < -0.39 is 56.4 Å². The van der Waals surface area contributed by atoms with E-state index in [0.29, 0.717) is 30.5 Å². The number of carbonyl (C=O) groups is 2. The van der Waals surface area contributed by atoms with E-state index in [1.807, 2.05) is 4.72 Å². The van der Waals surface area contributed by atoms with Gasteiger partial charge in [0.2, 0.25) is 5.91 Å². The second kappa shape index (κ2) is 11.7. The lowest BCUT2D eigenvalue weighted by atomic mass is 10.2. The number of nitrogens with one attached hydrogen (secondary N) is 2. The van der Waals surface area contributed by atoms with Crippen LogP contribution in [0, 0.1) is 6.92 Å². The summed E-state index contributed by atoms with van der Waals surface area (Å²) in [5, 5.41) is 2.45. The van der Waals surface area contributed by atoms with E-state index >= 15 is 0 Å². The Morgan fingerprint density at radius 2 is 1.92 bits per heavy atom. The van der Waals surface area contributed by atoms with Crippen molar-refractivity contribution in [3.63, 3.8) is 0 Å². The van der Waals surface area contributed by atoms with Crippen LogP contribution in [0.4, 0.5) is 18.9 Å². The number of hydrogen-bond donors (Lipinski definition) is 4. The SMILES string of the molecule is Cc1ccc(NS(=O)(=O)c2cccc(C(F)(F)F)c2)c(=O)n1CC(=O)NC(C=O)CCCN=C(N)N. The van der Waals surface area contributed by atoms with E-state index in [0.717, 1.165) is 22.8 Å². The number of aryl methyl sites for hydroxylation is 1. The molecule has 0 aliphatic heterocycles. The summed E-state index contributed by atoms with van der Waals surface area (Å²) in [5.74, 6) is -0.808. The molecule has 0 fully saturated rings. The number of carbonyl (C=O) groups excluding carboxylic acids is 2. The third-order valence-electron chi connectivity index (χ3n) is 4.89. The molecule has 2 aromatic rings. The predicted molar refractivity (Wildman–Crippen MR) is 126 cm³/mol. The van der Waals surface area contributed by atoms with Crippen molar-refractivity contribution < 1.29 is 31.2 Å². The number of aliphatic imine (C=N–C) groups is 1. The first kappa shape index (κ1) is 28.4. The fourth-order valence-electron chi connectivity index (χ4n) is 3.08. The zero-order chi connectivity index (χ0) is 27.1. The van der Waals surface area contributed by atoms with Crippen molar-refractivity contribution in [2.45, 2.75) is 43.4 Å². The van der Waals surface area contributed by atoms with Crippen LogP contribution in [-0.2, 0) is 32.3 Å². The number of aldehydes is 1. The van der Waals surface area contributed by atoms with Crippen LogP contribution in [0.2, 0.25) is 0 Å². The second-order valence-electron chi connectivity index (χ2n) is 7.67. The van der Waals surface area contributed by atoms with Gasteiger partial charge in [0.1, 0.15) is 18.5 Å². The molecular weight excluding hydrogens is 505 g/mol. The number of amides is 1. The molecule has 1 atom stereocenters. The van der Waals surface area contributed by atoms with Crippen LogP contribution in [0.3, 0.4) is 0 Å². The molecule has 11 nitrogen and oxygen atoms in total. The summed E-state index contributed by atoms with van der Waals surface area (Å²) < 4.78 is 67.1. The molecule has 15 heteroatoms. The molecule has 0 aliphatic rings. The molecule has 1 heterocycles. The van der Waals surface area contributed by atoms with Crippen molar-refractivity contribution >= 4 is 33.9 Å². The number of halogens is 3. The van der Waals surface area contributed by atoms with Crippen LogP contribution in [0.5, 0.6) is 0 Å². The van der Waals surface area contributed by atoms with Crippen molar-refractivity contribution in [1.29, 1.82) is 0 Å². The molecule has 0 bridgehead atoms. The molecule has 1 unspecified atom stereocenters. The monoisotopic (exact) mass is 530 g/mol. The normalized spacial score (nSPS) is 12.4. The molecule has 1 aromatic heterocycles. The molecule has 0 spiro atoms. The maximum Gasteiger partial charge on any atom is 0.416 e. The average molecular weight is 531 g/mol. The summed E-state index contributed by atoms with van der Waals surface area (Å²) in [6, 6.07) is 4.64. The number of nitrogens with two attached hydrogens (primary N) is 2. The lowest BCUT2D eigenvalue weighted by molar-refractivity contribution is -0.137. The molecule has 0 saturated heterocycles. The van der Waals surface area contributed by atoms with Gasteiger partial charge in [-0.15, -0.1) is 0 Å². The molecule has 0 radical (unpaired) electrons. The van der Waals surface area contributed by atoms with Gasteiger partial charge in [0.15, 0.2) is 5.96 Å². The van der Waals surface area contributed by atoms with Crippen LogP contribution in [0.1, 0.15) is 24.1 Å². The molecule has 36 heavy (non-hydrogen) atoms. The number of hydrogen-bond acceptors (Lipinski definition) is 6. The van der Waals surface area contributed by atoms with Gasteiger partial charge in [0, 0.05) is 12.2 Å². The number of aromatic nitrogens is 1. The van der Waals surface area contributed by atoms with E-state index in [4.69, 9.17) is 11.5 Å². The van der Waals surface area contributed by atoms with Crippen molar-refractivity contribution in [3.05, 3.63) is 58.0 Å². The standard InChI is InChI=1S/C21H25F3N6O5S/c1-13-7-8-17(29-36(34,35)16-6-2-4-14(10-16)21(22,23)24)19(33)30(13)11-18(32)28-15(12-31)5-3-9-27-20(25)26/h2,4,6-8,10,12,15,29H,3,5,9,11H2,1H3,(H,28,32)(H4,25,26,27). The summed E-state index contributed by atoms with van der Waals surface area (Å²) >= 11 is 0. The van der Waals surface area contributed by atoms with Gasteiger partial charge in [-0.25, -0.2) is 8.42 Å².